The van der Waals surface area contributed by atoms with Crippen molar-refractivity contribution in [2.24, 2.45) is 0 Å². The first-order valence-corrected chi connectivity index (χ1v) is 8.78. The summed E-state index contributed by atoms with van der Waals surface area (Å²) in [5.74, 6) is -0.0368. The fourth-order valence-corrected chi connectivity index (χ4v) is 3.04. The van der Waals surface area contributed by atoms with Crippen molar-refractivity contribution in [2.75, 3.05) is 18.4 Å². The molecule has 4 nitrogen and oxygen atoms in total. The van der Waals surface area contributed by atoms with Crippen molar-refractivity contribution >= 4 is 11.5 Å². The van der Waals surface area contributed by atoms with Crippen LogP contribution in [0.25, 0.3) is 0 Å². The first kappa shape index (κ1) is 17.4. The minimum absolute atomic E-state index is 0.0368. The molecule has 130 valence electrons. The van der Waals surface area contributed by atoms with Gasteiger partial charge in [0, 0.05) is 36.6 Å². The lowest BCUT2D eigenvalue weighted by Crippen LogP contribution is -2.33. The van der Waals surface area contributed by atoms with Crippen LogP contribution in [0.5, 0.6) is 0 Å². The average molecular weight is 336 g/mol. The number of nitrogens with zero attached hydrogens (tertiary/aromatic N) is 1. The maximum Gasteiger partial charge on any atom is 0.187 e. The van der Waals surface area contributed by atoms with Gasteiger partial charge in [-0.15, -0.1) is 0 Å². The van der Waals surface area contributed by atoms with Gasteiger partial charge in [-0.3, -0.25) is 9.69 Å². The second-order valence-corrected chi connectivity index (χ2v) is 6.30. The molecule has 0 aliphatic carbocycles. The van der Waals surface area contributed by atoms with Crippen LogP contribution < -0.4 is 5.32 Å². The number of hydrogen-bond donors (Lipinski definition) is 2. The van der Waals surface area contributed by atoms with E-state index >= 15 is 0 Å². The van der Waals surface area contributed by atoms with Gasteiger partial charge in [0.15, 0.2) is 5.78 Å². The first-order chi connectivity index (χ1) is 12.2. The van der Waals surface area contributed by atoms with Crippen LogP contribution in [0.4, 0.5) is 5.69 Å². The van der Waals surface area contributed by atoms with Crippen molar-refractivity contribution in [3.05, 3.63) is 78.0 Å². The molecule has 1 saturated heterocycles. The topological polar surface area (TPSA) is 52.6 Å². The van der Waals surface area contributed by atoms with Gasteiger partial charge in [-0.25, -0.2) is 0 Å². The highest BCUT2D eigenvalue weighted by atomic mass is 16.3. The summed E-state index contributed by atoms with van der Waals surface area (Å²) >= 11 is 0. The third-order valence-electron chi connectivity index (χ3n) is 4.49. The van der Waals surface area contributed by atoms with Crippen LogP contribution in [0.1, 0.15) is 41.4 Å². The van der Waals surface area contributed by atoms with Crippen molar-refractivity contribution in [3.63, 3.8) is 0 Å². The van der Waals surface area contributed by atoms with Crippen LogP contribution in [0.3, 0.4) is 0 Å². The van der Waals surface area contributed by atoms with Crippen LogP contribution in [0.2, 0.25) is 0 Å². The smallest absolute Gasteiger partial charge is 0.187 e. The van der Waals surface area contributed by atoms with Crippen molar-refractivity contribution < 1.29 is 9.90 Å². The minimum atomic E-state index is -0.537. The van der Waals surface area contributed by atoms with Crippen LogP contribution in [0.15, 0.2) is 66.9 Å². The number of piperidine rings is 1. The molecule has 2 aromatic rings. The van der Waals surface area contributed by atoms with Crippen molar-refractivity contribution in [1.82, 2.24) is 4.90 Å². The van der Waals surface area contributed by atoms with E-state index in [-0.39, 0.29) is 5.78 Å². The van der Waals surface area contributed by atoms with E-state index in [9.17, 15) is 9.90 Å². The molecule has 4 heteroatoms. The molecule has 0 bridgehead atoms. The Morgan fingerprint density at radius 1 is 1.00 bits per heavy atom. The molecular weight excluding hydrogens is 312 g/mol. The standard InChI is InChI=1S/C21H24N2O2/c24-20(17-7-3-1-4-8-17)13-14-22-19-11-9-18(10-12-19)21(25)23-15-5-2-6-16-23/h1,3-4,7-14,21-22,25H,2,5-6,15-16H2/b14-13+. The number of benzene rings is 2. The molecule has 2 aromatic carbocycles. The average Bonchev–Trinajstić information content (AvgIpc) is 2.69. The van der Waals surface area contributed by atoms with E-state index in [1.54, 1.807) is 18.3 Å². The van der Waals surface area contributed by atoms with Gasteiger partial charge in [0.2, 0.25) is 0 Å². The predicted octanol–water partition coefficient (Wildman–Crippen LogP) is 3.97. The van der Waals surface area contributed by atoms with Gasteiger partial charge in [0.25, 0.3) is 0 Å². The lowest BCUT2D eigenvalue weighted by Gasteiger charge is -2.31. The maximum absolute atomic E-state index is 12.0. The molecule has 25 heavy (non-hydrogen) atoms. The van der Waals surface area contributed by atoms with Crippen LogP contribution in [-0.4, -0.2) is 28.9 Å². The lowest BCUT2D eigenvalue weighted by molar-refractivity contribution is -0.00981. The molecule has 0 saturated carbocycles. The van der Waals surface area contributed by atoms with Gasteiger partial charge < -0.3 is 10.4 Å². The molecule has 0 spiro atoms. The summed E-state index contributed by atoms with van der Waals surface area (Å²) < 4.78 is 0. The monoisotopic (exact) mass is 336 g/mol. The zero-order valence-electron chi connectivity index (χ0n) is 14.3. The van der Waals surface area contributed by atoms with Gasteiger partial charge in [-0.2, -0.15) is 0 Å². The molecule has 0 aromatic heterocycles. The summed E-state index contributed by atoms with van der Waals surface area (Å²) in [6, 6.07) is 16.9. The number of carbonyl (C=O) groups is 1. The molecule has 1 atom stereocenters. The summed E-state index contributed by atoms with van der Waals surface area (Å²) in [5.41, 5.74) is 2.45. The predicted molar refractivity (Wildman–Crippen MR) is 100 cm³/mol. The third-order valence-corrected chi connectivity index (χ3v) is 4.49. The molecule has 3 rings (SSSR count). The number of nitrogens with one attached hydrogen (secondary N) is 1. The number of anilines is 1. The van der Waals surface area contributed by atoms with Crippen molar-refractivity contribution in [1.29, 1.82) is 0 Å². The van der Waals surface area contributed by atoms with Gasteiger partial charge in [-0.1, -0.05) is 48.9 Å². The number of ketones is 1. The van der Waals surface area contributed by atoms with E-state index in [1.807, 2.05) is 42.5 Å². The lowest BCUT2D eigenvalue weighted by atomic mass is 10.1. The SMILES string of the molecule is O=C(/C=C/Nc1ccc(C(O)N2CCCCC2)cc1)c1ccccc1. The summed E-state index contributed by atoms with van der Waals surface area (Å²) in [5, 5.41) is 13.6. The Kier molecular flexibility index (Phi) is 5.99. The molecule has 1 unspecified atom stereocenters. The fourth-order valence-electron chi connectivity index (χ4n) is 3.04. The summed E-state index contributed by atoms with van der Waals surface area (Å²) in [4.78, 5) is 14.1. The number of aliphatic hydroxyl groups excluding tert-OH is 1. The highest BCUT2D eigenvalue weighted by Crippen LogP contribution is 2.23. The zero-order chi connectivity index (χ0) is 17.5. The second kappa shape index (κ2) is 8.60. The molecule has 1 aliphatic rings. The Bertz CT molecular complexity index is 704. The largest absolute Gasteiger partial charge is 0.374 e. The van der Waals surface area contributed by atoms with Gasteiger partial charge >= 0.3 is 0 Å². The van der Waals surface area contributed by atoms with Crippen molar-refractivity contribution in [2.45, 2.75) is 25.5 Å². The number of aliphatic hydroxyl groups is 1. The molecule has 1 fully saturated rings. The molecular formula is C21H24N2O2. The molecule has 0 radical (unpaired) electrons. The Balaban J connectivity index is 1.55. The van der Waals surface area contributed by atoms with Gasteiger partial charge in [0.1, 0.15) is 6.23 Å². The van der Waals surface area contributed by atoms with Crippen LogP contribution in [0, 0.1) is 0 Å². The number of hydrogen-bond acceptors (Lipinski definition) is 4. The molecule has 1 aliphatic heterocycles. The van der Waals surface area contributed by atoms with Gasteiger partial charge in [0.05, 0.1) is 0 Å². The number of likely N-dealkylation sites (tertiary alicyclic amines) is 1. The Morgan fingerprint density at radius 2 is 1.68 bits per heavy atom. The summed E-state index contributed by atoms with van der Waals surface area (Å²) in [7, 11) is 0. The van der Waals surface area contributed by atoms with E-state index in [4.69, 9.17) is 0 Å². The Labute approximate surface area is 148 Å². The van der Waals surface area contributed by atoms with E-state index in [0.717, 1.165) is 37.2 Å². The summed E-state index contributed by atoms with van der Waals surface area (Å²) in [6.45, 7) is 1.90. The minimum Gasteiger partial charge on any atom is -0.374 e. The molecule has 0 amide bonds. The Morgan fingerprint density at radius 3 is 2.36 bits per heavy atom. The van der Waals surface area contributed by atoms with Crippen molar-refractivity contribution in [3.8, 4) is 0 Å². The highest BCUT2D eigenvalue weighted by Gasteiger charge is 2.19. The number of carbonyl (C=O) groups excluding carboxylic acids is 1. The number of rotatable bonds is 6. The van der Waals surface area contributed by atoms with E-state index < -0.39 is 6.23 Å². The summed E-state index contributed by atoms with van der Waals surface area (Å²) in [6.07, 6.45) is 6.18. The maximum atomic E-state index is 12.0. The van der Waals surface area contributed by atoms with E-state index in [0.29, 0.717) is 5.56 Å². The van der Waals surface area contributed by atoms with E-state index in [2.05, 4.69) is 10.2 Å². The highest BCUT2D eigenvalue weighted by molar-refractivity contribution is 6.04. The second-order valence-electron chi connectivity index (χ2n) is 6.30. The third kappa shape index (κ3) is 4.78. The first-order valence-electron chi connectivity index (χ1n) is 8.78. The van der Waals surface area contributed by atoms with Crippen LogP contribution >= 0.6 is 0 Å². The van der Waals surface area contributed by atoms with Crippen LogP contribution in [-0.2, 0) is 0 Å². The number of allylic oxidation sites excluding steroid dienone is 1. The van der Waals surface area contributed by atoms with E-state index in [1.165, 1.54) is 12.5 Å². The zero-order valence-corrected chi connectivity index (χ0v) is 14.3. The normalized spacial score (nSPS) is 16.7. The quantitative estimate of drug-likeness (QED) is 0.619. The molecule has 2 N–H and O–H groups in total. The Hall–Kier alpha value is -2.43. The molecule has 1 heterocycles. The van der Waals surface area contributed by atoms with Gasteiger partial charge in [-0.05, 0) is 30.5 Å². The fraction of sp³-hybridized carbons (Fsp3) is 0.286.